The van der Waals surface area contributed by atoms with Crippen LogP contribution in [0.5, 0.6) is 0 Å². The Morgan fingerprint density at radius 2 is 1.20 bits per heavy atom. The SMILES string of the molecule is C1=CCC(c2ccc(-n3c4ccccc4c4ccc(-c5ccc6c(c5)c5cccnc5n6-c5cccc(-c6ccccc6)c5)cc43)cc2)C=C1. The molecule has 3 aromatic heterocycles. The zero-order valence-corrected chi connectivity index (χ0v) is 27.4. The van der Waals surface area contributed by atoms with Crippen molar-refractivity contribution in [2.75, 3.05) is 0 Å². The van der Waals surface area contributed by atoms with Crippen LogP contribution in [0.25, 0.3) is 77.4 Å². The van der Waals surface area contributed by atoms with E-state index in [1.54, 1.807) is 0 Å². The number of fused-ring (bicyclic) bond motifs is 6. The van der Waals surface area contributed by atoms with Crippen LogP contribution in [0.4, 0.5) is 0 Å². The van der Waals surface area contributed by atoms with Crippen LogP contribution >= 0.6 is 0 Å². The van der Waals surface area contributed by atoms with Crippen molar-refractivity contribution in [2.45, 2.75) is 12.3 Å². The van der Waals surface area contributed by atoms with Crippen molar-refractivity contribution in [3.8, 4) is 33.6 Å². The number of hydrogen-bond acceptors (Lipinski definition) is 1. The molecule has 1 unspecified atom stereocenters. The molecule has 1 atom stereocenters. The Labute approximate surface area is 290 Å². The van der Waals surface area contributed by atoms with Crippen molar-refractivity contribution in [3.63, 3.8) is 0 Å². The maximum atomic E-state index is 4.90. The summed E-state index contributed by atoms with van der Waals surface area (Å²) in [5, 5.41) is 4.86. The molecule has 0 radical (unpaired) electrons. The van der Waals surface area contributed by atoms with Crippen LogP contribution in [-0.2, 0) is 0 Å². The summed E-state index contributed by atoms with van der Waals surface area (Å²) in [5.41, 5.74) is 12.9. The standard InChI is InChI=1S/C47H33N3/c1-3-11-32(12-4-1)34-20-24-38(25-21-34)49-44-19-8-7-17-40(44)41-26-22-37(31-46(41)49)36-23-27-45-43(30-36)42-18-10-28-48-47(42)50(45)39-16-9-15-35(29-39)33-13-5-2-6-14-33/h1-11,13-32H,12H2. The highest BCUT2D eigenvalue weighted by atomic mass is 15.0. The van der Waals surface area contributed by atoms with E-state index in [9.17, 15) is 0 Å². The summed E-state index contributed by atoms with van der Waals surface area (Å²) < 4.78 is 4.72. The molecule has 9 aromatic rings. The van der Waals surface area contributed by atoms with Gasteiger partial charge < -0.3 is 4.57 Å². The first kappa shape index (κ1) is 28.6. The molecule has 3 heteroatoms. The summed E-state index contributed by atoms with van der Waals surface area (Å²) in [6.07, 6.45) is 11.8. The summed E-state index contributed by atoms with van der Waals surface area (Å²) in [6, 6.07) is 55.2. The molecule has 236 valence electrons. The van der Waals surface area contributed by atoms with Gasteiger partial charge >= 0.3 is 0 Å². The minimum Gasteiger partial charge on any atom is -0.309 e. The lowest BCUT2D eigenvalue weighted by atomic mass is 9.92. The number of rotatable bonds is 5. The minimum absolute atomic E-state index is 0.433. The van der Waals surface area contributed by atoms with Crippen LogP contribution in [0, 0.1) is 0 Å². The van der Waals surface area contributed by atoms with E-state index in [0.29, 0.717) is 5.92 Å². The maximum Gasteiger partial charge on any atom is 0.145 e. The molecule has 3 heterocycles. The minimum atomic E-state index is 0.433. The Kier molecular flexibility index (Phi) is 6.63. The van der Waals surface area contributed by atoms with Crippen molar-refractivity contribution in [2.24, 2.45) is 0 Å². The number of hydrogen-bond donors (Lipinski definition) is 0. The molecule has 10 rings (SSSR count). The van der Waals surface area contributed by atoms with E-state index in [1.165, 1.54) is 60.7 Å². The molecule has 0 spiro atoms. The van der Waals surface area contributed by atoms with Gasteiger partial charge in [-0.25, -0.2) is 4.98 Å². The van der Waals surface area contributed by atoms with E-state index in [2.05, 4.69) is 179 Å². The lowest BCUT2D eigenvalue weighted by molar-refractivity contribution is 0.853. The second-order valence-electron chi connectivity index (χ2n) is 13.2. The summed E-state index contributed by atoms with van der Waals surface area (Å²) in [6.45, 7) is 0. The van der Waals surface area contributed by atoms with Crippen LogP contribution in [0.1, 0.15) is 17.9 Å². The van der Waals surface area contributed by atoms with E-state index >= 15 is 0 Å². The molecule has 0 saturated carbocycles. The van der Waals surface area contributed by atoms with Gasteiger partial charge in [0.15, 0.2) is 0 Å². The summed E-state index contributed by atoms with van der Waals surface area (Å²) in [7, 11) is 0. The van der Waals surface area contributed by atoms with Gasteiger partial charge in [-0.05, 0) is 94.9 Å². The molecule has 50 heavy (non-hydrogen) atoms. The van der Waals surface area contributed by atoms with Crippen LogP contribution < -0.4 is 0 Å². The van der Waals surface area contributed by atoms with Gasteiger partial charge in [-0.2, -0.15) is 0 Å². The van der Waals surface area contributed by atoms with Gasteiger partial charge in [0, 0.05) is 45.0 Å². The largest absolute Gasteiger partial charge is 0.309 e. The summed E-state index contributed by atoms with van der Waals surface area (Å²) >= 11 is 0. The van der Waals surface area contributed by atoms with Crippen LogP contribution in [0.15, 0.2) is 182 Å². The molecule has 1 aliphatic carbocycles. The van der Waals surface area contributed by atoms with E-state index in [4.69, 9.17) is 4.98 Å². The first-order chi connectivity index (χ1) is 24.8. The van der Waals surface area contributed by atoms with Gasteiger partial charge in [-0.3, -0.25) is 4.57 Å². The Bertz CT molecular complexity index is 2780. The van der Waals surface area contributed by atoms with Crippen LogP contribution in [-0.4, -0.2) is 14.1 Å². The highest BCUT2D eigenvalue weighted by Crippen LogP contribution is 2.38. The average Bonchev–Trinajstić information content (AvgIpc) is 3.71. The Morgan fingerprint density at radius 3 is 2.08 bits per heavy atom. The van der Waals surface area contributed by atoms with Gasteiger partial charge in [0.2, 0.25) is 0 Å². The molecule has 3 nitrogen and oxygen atoms in total. The van der Waals surface area contributed by atoms with Gasteiger partial charge in [0.05, 0.1) is 16.6 Å². The molecule has 0 saturated heterocycles. The Hall–Kier alpha value is -6.45. The van der Waals surface area contributed by atoms with E-state index in [0.717, 1.165) is 28.7 Å². The molecular weight excluding hydrogens is 607 g/mol. The highest BCUT2D eigenvalue weighted by molar-refractivity contribution is 6.12. The zero-order valence-electron chi connectivity index (χ0n) is 27.4. The third-order valence-corrected chi connectivity index (χ3v) is 10.3. The second kappa shape index (κ2) is 11.6. The third-order valence-electron chi connectivity index (χ3n) is 10.3. The van der Waals surface area contributed by atoms with Crippen molar-refractivity contribution >= 4 is 43.7 Å². The van der Waals surface area contributed by atoms with Gasteiger partial charge in [-0.1, -0.05) is 115 Å². The summed E-state index contributed by atoms with van der Waals surface area (Å²) in [4.78, 5) is 4.90. The van der Waals surface area contributed by atoms with Gasteiger partial charge in [0.1, 0.15) is 5.65 Å². The normalized spacial score (nSPS) is 14.4. The smallest absolute Gasteiger partial charge is 0.145 e. The molecular formula is C47H33N3. The molecule has 0 amide bonds. The van der Waals surface area contributed by atoms with E-state index in [-0.39, 0.29) is 0 Å². The molecule has 0 bridgehead atoms. The zero-order chi connectivity index (χ0) is 33.0. The molecule has 0 aliphatic heterocycles. The highest BCUT2D eigenvalue weighted by Gasteiger charge is 2.17. The van der Waals surface area contributed by atoms with Crippen LogP contribution in [0.3, 0.4) is 0 Å². The van der Waals surface area contributed by atoms with Crippen molar-refractivity contribution in [1.82, 2.24) is 14.1 Å². The number of benzene rings is 6. The van der Waals surface area contributed by atoms with Gasteiger partial charge in [0.25, 0.3) is 0 Å². The fourth-order valence-electron chi connectivity index (χ4n) is 7.87. The van der Waals surface area contributed by atoms with Crippen molar-refractivity contribution < 1.29 is 0 Å². The molecule has 0 N–H and O–H groups in total. The topological polar surface area (TPSA) is 22.8 Å². The van der Waals surface area contributed by atoms with Gasteiger partial charge in [-0.15, -0.1) is 0 Å². The third kappa shape index (κ3) is 4.62. The lowest BCUT2D eigenvalue weighted by Crippen LogP contribution is -1.98. The predicted octanol–water partition coefficient (Wildman–Crippen LogP) is 12.2. The predicted molar refractivity (Wildman–Crippen MR) is 209 cm³/mol. The fourth-order valence-corrected chi connectivity index (χ4v) is 7.87. The van der Waals surface area contributed by atoms with Crippen molar-refractivity contribution in [1.29, 1.82) is 0 Å². The monoisotopic (exact) mass is 639 g/mol. The number of nitrogens with zero attached hydrogens (tertiary/aromatic N) is 3. The first-order valence-corrected chi connectivity index (χ1v) is 17.3. The number of aromatic nitrogens is 3. The van der Waals surface area contributed by atoms with Crippen LogP contribution in [0.2, 0.25) is 0 Å². The quantitative estimate of drug-likeness (QED) is 0.184. The molecule has 0 fully saturated rings. The van der Waals surface area contributed by atoms with E-state index < -0.39 is 0 Å². The summed E-state index contributed by atoms with van der Waals surface area (Å²) in [5.74, 6) is 0.433. The van der Waals surface area contributed by atoms with Crippen molar-refractivity contribution in [3.05, 3.63) is 188 Å². The first-order valence-electron chi connectivity index (χ1n) is 17.3. The second-order valence-corrected chi connectivity index (χ2v) is 13.2. The fraction of sp³-hybridized carbons (Fsp3) is 0.0426. The number of para-hydroxylation sites is 1. The molecule has 6 aromatic carbocycles. The maximum absolute atomic E-state index is 4.90. The Morgan fingerprint density at radius 1 is 0.460 bits per heavy atom. The number of allylic oxidation sites excluding steroid dienone is 4. The van der Waals surface area contributed by atoms with E-state index in [1.807, 2.05) is 12.3 Å². The molecule has 1 aliphatic rings. The number of pyridine rings is 1. The Balaban J connectivity index is 1.11. The lowest BCUT2D eigenvalue weighted by Gasteiger charge is -2.15. The average molecular weight is 640 g/mol.